The van der Waals surface area contributed by atoms with Crippen molar-refractivity contribution in [3.05, 3.63) is 0 Å². The van der Waals surface area contributed by atoms with Crippen LogP contribution in [0.5, 0.6) is 0 Å². The maximum Gasteiger partial charge on any atom is 0.407 e. The van der Waals surface area contributed by atoms with E-state index >= 15 is 0 Å². The van der Waals surface area contributed by atoms with Gasteiger partial charge in [0.25, 0.3) is 0 Å². The second-order valence-corrected chi connectivity index (χ2v) is 23.2. The van der Waals surface area contributed by atoms with Crippen LogP contribution in [0.1, 0.15) is 234 Å². The van der Waals surface area contributed by atoms with E-state index in [0.29, 0.717) is 33.0 Å². The number of carbonyl (C=O) groups is 2. The Morgan fingerprint density at radius 2 is 0.794 bits per heavy atom. The number of alkyl carbamates (subject to hydrolysis) is 2. The van der Waals surface area contributed by atoms with Crippen LogP contribution in [0.4, 0.5) is 9.59 Å². The molecular weight excluding hydrogens is 984 g/mol. The van der Waals surface area contributed by atoms with Gasteiger partial charge in [-0.3, -0.25) is 0 Å². The molecule has 0 bridgehead atoms. The summed E-state index contributed by atoms with van der Waals surface area (Å²) in [5, 5.41) is 6.10. The fourth-order valence-electron chi connectivity index (χ4n) is 10.3. The van der Waals surface area contributed by atoms with Crippen molar-refractivity contribution < 1.29 is 71.5 Å². The van der Waals surface area contributed by atoms with Crippen LogP contribution in [-0.4, -0.2) is 128 Å². The third-order valence-corrected chi connectivity index (χ3v) is 14.3. The van der Waals surface area contributed by atoms with Crippen molar-refractivity contribution >= 4 is 12.2 Å². The Balaban J connectivity index is 0. The molecule has 68 heavy (non-hydrogen) atoms. The first-order chi connectivity index (χ1) is 31.6. The molecule has 12 heteroatoms. The van der Waals surface area contributed by atoms with Crippen LogP contribution in [-0.2, 0) is 18.9 Å². The average molecular weight is 1100 g/mol. The highest BCUT2D eigenvalue weighted by Crippen LogP contribution is 2.45. The third kappa shape index (κ3) is 43.0. The number of quaternary nitrogens is 2. The summed E-state index contributed by atoms with van der Waals surface area (Å²) in [6, 6.07) is -0.0385. The molecule has 1 aliphatic carbocycles. The van der Waals surface area contributed by atoms with Gasteiger partial charge in [0.15, 0.2) is 0 Å². The van der Waals surface area contributed by atoms with Gasteiger partial charge in [0.1, 0.15) is 26.3 Å². The second kappa shape index (κ2) is 43.9. The van der Waals surface area contributed by atoms with Crippen molar-refractivity contribution in [2.75, 3.05) is 101 Å². The van der Waals surface area contributed by atoms with Gasteiger partial charge in [-0.2, -0.15) is 0 Å². The van der Waals surface area contributed by atoms with E-state index in [1.807, 2.05) is 0 Å². The topological polar surface area (TPSA) is 95.1 Å². The van der Waals surface area contributed by atoms with Crippen molar-refractivity contribution in [2.24, 2.45) is 10.8 Å². The monoisotopic (exact) mass is 1100 g/mol. The minimum atomic E-state index is -0.418. The van der Waals surface area contributed by atoms with Gasteiger partial charge in [0, 0.05) is 12.6 Å². The molecule has 2 atom stereocenters. The molecule has 10 nitrogen and oxygen atoms in total. The van der Waals surface area contributed by atoms with Crippen LogP contribution in [0.2, 0.25) is 0 Å². The minimum Gasteiger partial charge on any atom is -1.00 e. The van der Waals surface area contributed by atoms with E-state index < -0.39 is 12.2 Å². The standard InChI is InChI=1S/C56H112N4O6.2BrH/c1-10-12-14-16-18-20-22-24-26-28-30-32-34-36-38-59(6,7)40-42-63-44-46-65-53(61)57-51-56(5)49-52(48-55(3,4)50-56)58-54(62)66-47-45-64-43-41-60(8,9)39-37-35-33-31-29-27-25-23-21-19-17-15-13-11-2;;/h52H,10-51H2,1-9H3;2*1H. The molecule has 0 aromatic rings. The highest BCUT2D eigenvalue weighted by molar-refractivity contribution is 5.68. The van der Waals surface area contributed by atoms with Gasteiger partial charge >= 0.3 is 12.2 Å². The molecule has 1 fully saturated rings. The average Bonchev–Trinajstić information content (AvgIpc) is 3.24. The molecule has 1 aliphatic rings. The minimum absolute atomic E-state index is 0. The normalized spacial score (nSPS) is 17.0. The zero-order valence-electron chi connectivity index (χ0n) is 46.4. The lowest BCUT2D eigenvalue weighted by molar-refractivity contribution is -0.891. The number of likely N-dealkylation sites (N-methyl/N-ethyl adjacent to an activating group) is 2. The predicted molar refractivity (Wildman–Crippen MR) is 279 cm³/mol. The fourth-order valence-corrected chi connectivity index (χ4v) is 10.3. The number of hydrogen-bond acceptors (Lipinski definition) is 6. The zero-order chi connectivity index (χ0) is 48.7. The van der Waals surface area contributed by atoms with Gasteiger partial charge in [-0.1, -0.05) is 189 Å². The maximum absolute atomic E-state index is 12.8. The van der Waals surface area contributed by atoms with Crippen LogP contribution in [0.25, 0.3) is 0 Å². The number of nitrogens with one attached hydrogen (secondary N) is 2. The SMILES string of the molecule is CCCCCCCCCCCCCCCC[N+](C)(C)CCOCCOC(=O)NCC1(C)CC(NC(=O)OCCOCC[N+](C)(C)CCCCCCCCCCCCCCCC)CC(C)(C)C1.[Br-].[Br-]. The highest BCUT2D eigenvalue weighted by Gasteiger charge is 2.42. The van der Waals surface area contributed by atoms with Crippen LogP contribution >= 0.6 is 0 Å². The summed E-state index contributed by atoms with van der Waals surface area (Å²) in [7, 11) is 9.13. The maximum atomic E-state index is 12.8. The summed E-state index contributed by atoms with van der Waals surface area (Å²) in [6.45, 7) is 18.5. The number of unbranched alkanes of at least 4 members (excludes halogenated alkanes) is 26. The van der Waals surface area contributed by atoms with E-state index in [1.54, 1.807) is 0 Å². The lowest BCUT2D eigenvalue weighted by Gasteiger charge is -2.46. The second-order valence-electron chi connectivity index (χ2n) is 23.2. The molecule has 0 heterocycles. The van der Waals surface area contributed by atoms with Crippen LogP contribution in [0, 0.1) is 10.8 Å². The lowest BCUT2D eigenvalue weighted by Crippen LogP contribution is -3.00. The van der Waals surface area contributed by atoms with Crippen LogP contribution < -0.4 is 44.6 Å². The highest BCUT2D eigenvalue weighted by atomic mass is 79.9. The molecule has 0 aliphatic heterocycles. The molecule has 0 aromatic carbocycles. The molecular formula is C56H114Br2N4O6. The molecule has 1 rings (SSSR count). The van der Waals surface area contributed by atoms with Crippen molar-refractivity contribution in [2.45, 2.75) is 240 Å². The van der Waals surface area contributed by atoms with E-state index in [2.05, 4.69) is 73.4 Å². The first-order valence-corrected chi connectivity index (χ1v) is 28.2. The molecule has 1 saturated carbocycles. The fraction of sp³-hybridized carbons (Fsp3) is 0.964. The van der Waals surface area contributed by atoms with Gasteiger partial charge in [-0.05, 0) is 55.8 Å². The summed E-state index contributed by atoms with van der Waals surface area (Å²) >= 11 is 0. The van der Waals surface area contributed by atoms with Crippen molar-refractivity contribution in [3.63, 3.8) is 0 Å². The van der Waals surface area contributed by atoms with E-state index in [9.17, 15) is 9.59 Å². The van der Waals surface area contributed by atoms with Crippen molar-refractivity contribution in [1.82, 2.24) is 10.6 Å². The summed E-state index contributed by atoms with van der Waals surface area (Å²) in [5.41, 5.74) is -0.184. The first-order valence-electron chi connectivity index (χ1n) is 28.2. The van der Waals surface area contributed by atoms with Gasteiger partial charge in [0.2, 0.25) is 0 Å². The number of nitrogens with zero attached hydrogens (tertiary/aromatic N) is 2. The Bertz CT molecular complexity index is 1160. The molecule has 2 unspecified atom stereocenters. The van der Waals surface area contributed by atoms with E-state index in [0.717, 1.165) is 41.3 Å². The summed E-state index contributed by atoms with van der Waals surface area (Å²) < 4.78 is 24.6. The molecule has 408 valence electrons. The molecule has 0 saturated heterocycles. The molecule has 2 N–H and O–H groups in total. The van der Waals surface area contributed by atoms with Gasteiger partial charge in [-0.15, -0.1) is 0 Å². The lowest BCUT2D eigenvalue weighted by atomic mass is 9.62. The Kier molecular flexibility index (Phi) is 44.8. The first kappa shape index (κ1) is 69.4. The molecule has 0 radical (unpaired) electrons. The van der Waals surface area contributed by atoms with E-state index in [1.165, 1.54) is 193 Å². The van der Waals surface area contributed by atoms with E-state index in [-0.39, 0.29) is 64.0 Å². The largest absolute Gasteiger partial charge is 1.00 e. The van der Waals surface area contributed by atoms with Crippen LogP contribution in [0.15, 0.2) is 0 Å². The Hall–Kier alpha value is -0.660. The smallest absolute Gasteiger partial charge is 0.407 e. The number of amides is 2. The number of rotatable bonds is 45. The Labute approximate surface area is 443 Å². The van der Waals surface area contributed by atoms with Crippen LogP contribution in [0.3, 0.4) is 0 Å². The van der Waals surface area contributed by atoms with Gasteiger partial charge in [0.05, 0.1) is 67.7 Å². The summed E-state index contributed by atoms with van der Waals surface area (Å²) in [4.78, 5) is 25.5. The van der Waals surface area contributed by atoms with E-state index in [4.69, 9.17) is 18.9 Å². The van der Waals surface area contributed by atoms with Crippen molar-refractivity contribution in [1.29, 1.82) is 0 Å². The summed E-state index contributed by atoms with van der Waals surface area (Å²) in [6.07, 6.45) is 40.5. The Morgan fingerprint density at radius 3 is 1.16 bits per heavy atom. The third-order valence-electron chi connectivity index (χ3n) is 14.3. The number of halogens is 2. The van der Waals surface area contributed by atoms with Gasteiger partial charge in [-0.25, -0.2) is 9.59 Å². The molecule has 0 spiro atoms. The zero-order valence-corrected chi connectivity index (χ0v) is 49.5. The Morgan fingerprint density at radius 1 is 0.456 bits per heavy atom. The summed E-state index contributed by atoms with van der Waals surface area (Å²) in [5.74, 6) is 0. The quantitative estimate of drug-likeness (QED) is 0.0473. The number of ether oxygens (including phenoxy) is 4. The van der Waals surface area contributed by atoms with Gasteiger partial charge < -0.3 is 72.5 Å². The number of carbonyl (C=O) groups excluding carboxylic acids is 2. The predicted octanol–water partition coefficient (Wildman–Crippen LogP) is 8.18. The molecule has 0 aromatic heterocycles. The van der Waals surface area contributed by atoms with Crippen molar-refractivity contribution in [3.8, 4) is 0 Å². The molecule has 2 amide bonds. The number of hydrogen-bond donors (Lipinski definition) is 2.